The van der Waals surface area contributed by atoms with Crippen LogP contribution in [-0.2, 0) is 17.7 Å². The summed E-state index contributed by atoms with van der Waals surface area (Å²) in [5.41, 5.74) is 7.82. The van der Waals surface area contributed by atoms with Crippen LogP contribution in [-0.4, -0.2) is 40.3 Å². The van der Waals surface area contributed by atoms with Crippen molar-refractivity contribution in [1.29, 1.82) is 0 Å². The Hall–Kier alpha value is -2.64. The van der Waals surface area contributed by atoms with E-state index in [9.17, 15) is 4.79 Å². The Balaban J connectivity index is 2.15. The zero-order chi connectivity index (χ0) is 16.1. The van der Waals surface area contributed by atoms with E-state index < -0.39 is 5.97 Å². The summed E-state index contributed by atoms with van der Waals surface area (Å²) < 4.78 is 4.66. The van der Waals surface area contributed by atoms with Crippen LogP contribution in [0.5, 0.6) is 0 Å². The van der Waals surface area contributed by atoms with Crippen molar-refractivity contribution in [3.05, 3.63) is 29.2 Å². The number of aromatic nitrogens is 4. The second kappa shape index (κ2) is 6.88. The molecule has 0 spiro atoms. The number of carbonyl (C=O) groups is 1. The second-order valence-corrected chi connectivity index (χ2v) is 4.96. The van der Waals surface area contributed by atoms with Crippen LogP contribution in [0, 0.1) is 0 Å². The van der Waals surface area contributed by atoms with Crippen molar-refractivity contribution in [2.45, 2.75) is 26.3 Å². The number of carbonyl (C=O) groups excluding carboxylic acids is 1. The van der Waals surface area contributed by atoms with Gasteiger partial charge in [-0.15, -0.1) is 0 Å². The number of ether oxygens (including phenoxy) is 1. The van der Waals surface area contributed by atoms with Crippen molar-refractivity contribution < 1.29 is 9.53 Å². The van der Waals surface area contributed by atoms with Gasteiger partial charge >= 0.3 is 5.97 Å². The van der Waals surface area contributed by atoms with Gasteiger partial charge in [-0.2, -0.15) is 10.1 Å². The van der Waals surface area contributed by atoms with Gasteiger partial charge in [0.25, 0.3) is 0 Å². The SMILES string of the molecule is CCCc1cc(CN(C)c2nc(N)cc(C(=O)OC)n2)[nH]n1. The molecule has 2 aromatic rings. The van der Waals surface area contributed by atoms with Crippen LogP contribution in [0.3, 0.4) is 0 Å². The first-order valence-corrected chi connectivity index (χ1v) is 7.00. The van der Waals surface area contributed by atoms with Crippen LogP contribution in [0.2, 0.25) is 0 Å². The summed E-state index contributed by atoms with van der Waals surface area (Å²) in [7, 11) is 3.11. The Labute approximate surface area is 128 Å². The molecule has 2 aromatic heterocycles. The summed E-state index contributed by atoms with van der Waals surface area (Å²) in [5, 5.41) is 7.22. The molecule has 0 atom stereocenters. The average Bonchev–Trinajstić information content (AvgIpc) is 2.93. The molecule has 22 heavy (non-hydrogen) atoms. The number of methoxy groups -OCH3 is 1. The number of aromatic amines is 1. The van der Waals surface area contributed by atoms with Gasteiger partial charge < -0.3 is 15.4 Å². The van der Waals surface area contributed by atoms with Crippen LogP contribution >= 0.6 is 0 Å². The summed E-state index contributed by atoms with van der Waals surface area (Å²) in [5.74, 6) is 0.0242. The molecule has 0 aromatic carbocycles. The highest BCUT2D eigenvalue weighted by Gasteiger charge is 2.14. The Morgan fingerprint density at radius 3 is 2.86 bits per heavy atom. The fourth-order valence-corrected chi connectivity index (χ4v) is 2.03. The molecule has 3 N–H and O–H groups in total. The minimum absolute atomic E-state index is 0.133. The molecule has 0 aliphatic carbocycles. The molecule has 0 fully saturated rings. The maximum atomic E-state index is 11.6. The molecule has 2 heterocycles. The minimum atomic E-state index is -0.546. The van der Waals surface area contributed by atoms with Gasteiger partial charge in [0, 0.05) is 13.1 Å². The zero-order valence-corrected chi connectivity index (χ0v) is 13.0. The third kappa shape index (κ3) is 3.72. The number of hydrogen-bond donors (Lipinski definition) is 2. The highest BCUT2D eigenvalue weighted by atomic mass is 16.5. The van der Waals surface area contributed by atoms with E-state index in [0.29, 0.717) is 12.5 Å². The number of nitrogen functional groups attached to an aromatic ring is 1. The summed E-state index contributed by atoms with van der Waals surface area (Å²) >= 11 is 0. The third-order valence-corrected chi connectivity index (χ3v) is 3.07. The predicted molar refractivity (Wildman–Crippen MR) is 82.5 cm³/mol. The van der Waals surface area contributed by atoms with E-state index >= 15 is 0 Å². The number of aryl methyl sites for hydroxylation is 1. The quantitative estimate of drug-likeness (QED) is 0.770. The van der Waals surface area contributed by atoms with Crippen molar-refractivity contribution in [2.75, 3.05) is 24.8 Å². The Morgan fingerprint density at radius 2 is 2.18 bits per heavy atom. The largest absolute Gasteiger partial charge is 0.464 e. The first-order valence-electron chi connectivity index (χ1n) is 7.00. The number of nitrogens with two attached hydrogens (primary N) is 1. The van der Waals surface area contributed by atoms with Crippen LogP contribution in [0.15, 0.2) is 12.1 Å². The number of anilines is 2. The maximum absolute atomic E-state index is 11.6. The highest BCUT2D eigenvalue weighted by molar-refractivity contribution is 5.88. The lowest BCUT2D eigenvalue weighted by Crippen LogP contribution is -2.21. The molecule has 0 saturated carbocycles. The van der Waals surface area contributed by atoms with Crippen molar-refractivity contribution in [1.82, 2.24) is 20.2 Å². The first kappa shape index (κ1) is 15.7. The number of nitrogens with zero attached hydrogens (tertiary/aromatic N) is 4. The van der Waals surface area contributed by atoms with E-state index in [-0.39, 0.29) is 11.5 Å². The molecule has 2 rings (SSSR count). The summed E-state index contributed by atoms with van der Waals surface area (Å²) in [4.78, 5) is 21.7. The Kier molecular flexibility index (Phi) is 4.92. The molecule has 0 unspecified atom stereocenters. The molecular formula is C14H20N6O2. The van der Waals surface area contributed by atoms with Crippen molar-refractivity contribution in [3.8, 4) is 0 Å². The fraction of sp³-hybridized carbons (Fsp3) is 0.429. The van der Waals surface area contributed by atoms with Crippen LogP contribution < -0.4 is 10.6 Å². The predicted octanol–water partition coefficient (Wildman–Crippen LogP) is 1.16. The van der Waals surface area contributed by atoms with Crippen molar-refractivity contribution >= 4 is 17.7 Å². The van der Waals surface area contributed by atoms with Crippen LogP contribution in [0.4, 0.5) is 11.8 Å². The van der Waals surface area contributed by atoms with Gasteiger partial charge in [-0.05, 0) is 12.5 Å². The van der Waals surface area contributed by atoms with Gasteiger partial charge in [-0.25, -0.2) is 9.78 Å². The van der Waals surface area contributed by atoms with E-state index in [1.54, 1.807) is 4.90 Å². The molecule has 0 bridgehead atoms. The monoisotopic (exact) mass is 304 g/mol. The molecule has 0 aliphatic heterocycles. The number of esters is 1. The normalized spacial score (nSPS) is 10.5. The van der Waals surface area contributed by atoms with E-state index in [4.69, 9.17) is 5.73 Å². The molecular weight excluding hydrogens is 284 g/mol. The van der Waals surface area contributed by atoms with Gasteiger partial charge in [0.15, 0.2) is 5.69 Å². The fourth-order valence-electron chi connectivity index (χ4n) is 2.03. The maximum Gasteiger partial charge on any atom is 0.356 e. The Morgan fingerprint density at radius 1 is 1.41 bits per heavy atom. The number of rotatable bonds is 6. The van der Waals surface area contributed by atoms with E-state index in [2.05, 4.69) is 31.8 Å². The summed E-state index contributed by atoms with van der Waals surface area (Å²) in [6.45, 7) is 2.64. The van der Waals surface area contributed by atoms with Gasteiger partial charge in [0.1, 0.15) is 5.82 Å². The summed E-state index contributed by atoms with van der Waals surface area (Å²) in [6, 6.07) is 3.40. The molecule has 118 valence electrons. The Bertz CT molecular complexity index is 655. The van der Waals surface area contributed by atoms with Crippen molar-refractivity contribution in [3.63, 3.8) is 0 Å². The topological polar surface area (TPSA) is 110 Å². The van der Waals surface area contributed by atoms with Crippen LogP contribution in [0.1, 0.15) is 35.2 Å². The summed E-state index contributed by atoms with van der Waals surface area (Å²) in [6.07, 6.45) is 1.97. The van der Waals surface area contributed by atoms with Gasteiger partial charge in [0.05, 0.1) is 25.0 Å². The molecule has 0 saturated heterocycles. The molecule has 0 radical (unpaired) electrons. The standard InChI is InChI=1S/C14H20N6O2/c1-4-5-9-6-10(19-18-9)8-20(2)14-16-11(13(21)22-3)7-12(15)17-14/h6-7H,4-5,8H2,1-3H3,(H,18,19)(H2,15,16,17). The zero-order valence-electron chi connectivity index (χ0n) is 13.0. The average molecular weight is 304 g/mol. The van der Waals surface area contributed by atoms with E-state index in [1.165, 1.54) is 13.2 Å². The highest BCUT2D eigenvalue weighted by Crippen LogP contribution is 2.14. The lowest BCUT2D eigenvalue weighted by Gasteiger charge is -2.16. The number of H-pyrrole nitrogens is 1. The van der Waals surface area contributed by atoms with Crippen LogP contribution in [0.25, 0.3) is 0 Å². The second-order valence-electron chi connectivity index (χ2n) is 4.96. The van der Waals surface area contributed by atoms with E-state index in [0.717, 1.165) is 24.2 Å². The van der Waals surface area contributed by atoms with Crippen molar-refractivity contribution in [2.24, 2.45) is 0 Å². The van der Waals surface area contributed by atoms with Gasteiger partial charge in [0.2, 0.25) is 5.95 Å². The molecule has 0 aliphatic rings. The molecule has 8 heteroatoms. The smallest absolute Gasteiger partial charge is 0.356 e. The number of hydrogen-bond acceptors (Lipinski definition) is 7. The third-order valence-electron chi connectivity index (χ3n) is 3.07. The van der Waals surface area contributed by atoms with Gasteiger partial charge in [-0.1, -0.05) is 13.3 Å². The first-order chi connectivity index (χ1) is 10.5. The molecule has 0 amide bonds. The lowest BCUT2D eigenvalue weighted by molar-refractivity contribution is 0.0594. The lowest BCUT2D eigenvalue weighted by atomic mass is 10.2. The van der Waals surface area contributed by atoms with E-state index in [1.807, 2.05) is 13.1 Å². The molecule has 8 nitrogen and oxygen atoms in total. The number of nitrogens with one attached hydrogen (secondary N) is 1. The van der Waals surface area contributed by atoms with Gasteiger partial charge in [-0.3, -0.25) is 5.10 Å². The minimum Gasteiger partial charge on any atom is -0.464 e.